The molecule has 0 saturated carbocycles. The third-order valence-electron chi connectivity index (χ3n) is 6.26. The summed E-state index contributed by atoms with van der Waals surface area (Å²) in [7, 11) is 0. The van der Waals surface area contributed by atoms with Crippen LogP contribution in [0.2, 0.25) is 0 Å². The molecular weight excluding hydrogens is 414 g/mol. The van der Waals surface area contributed by atoms with Gasteiger partial charge in [0.2, 0.25) is 5.91 Å². The van der Waals surface area contributed by atoms with Crippen LogP contribution in [0.4, 0.5) is 5.69 Å². The van der Waals surface area contributed by atoms with Gasteiger partial charge in [-0.05, 0) is 80.3 Å². The van der Waals surface area contributed by atoms with Gasteiger partial charge >= 0.3 is 0 Å². The highest BCUT2D eigenvalue weighted by molar-refractivity contribution is 8.00. The molecule has 2 atom stereocenters. The lowest BCUT2D eigenvalue weighted by Gasteiger charge is -2.25. The molecule has 5 heteroatoms. The molecule has 1 amide bonds. The molecule has 1 N–H and O–H groups in total. The molecule has 0 radical (unpaired) electrons. The van der Waals surface area contributed by atoms with Gasteiger partial charge in [0.1, 0.15) is 11.1 Å². The first kappa shape index (κ1) is 22.1. The van der Waals surface area contributed by atoms with Gasteiger partial charge in [0.25, 0.3) is 0 Å². The molecule has 3 aromatic rings. The first-order chi connectivity index (χ1) is 15.5. The summed E-state index contributed by atoms with van der Waals surface area (Å²) in [6, 6.07) is 20.7. The number of pyridine rings is 1. The predicted octanol–water partition coefficient (Wildman–Crippen LogP) is 5.96. The Morgan fingerprint density at radius 2 is 1.97 bits per heavy atom. The average molecular weight is 442 g/mol. The molecule has 4 nitrogen and oxygen atoms in total. The number of rotatable bonds is 5. The molecular formula is C27H27N3OS. The van der Waals surface area contributed by atoms with Crippen LogP contribution >= 0.6 is 11.8 Å². The zero-order chi connectivity index (χ0) is 22.7. The molecule has 1 aliphatic rings. The summed E-state index contributed by atoms with van der Waals surface area (Å²) < 4.78 is 0. The number of aromatic nitrogens is 1. The zero-order valence-electron chi connectivity index (χ0n) is 18.7. The van der Waals surface area contributed by atoms with E-state index in [0.717, 1.165) is 47.3 Å². The Bertz CT molecular complexity index is 1180. The van der Waals surface area contributed by atoms with Crippen molar-refractivity contribution in [1.82, 2.24) is 4.98 Å². The zero-order valence-corrected chi connectivity index (χ0v) is 19.5. The van der Waals surface area contributed by atoms with Gasteiger partial charge in [-0.1, -0.05) is 54.2 Å². The van der Waals surface area contributed by atoms with Crippen molar-refractivity contribution in [2.45, 2.75) is 56.2 Å². The van der Waals surface area contributed by atoms with Crippen LogP contribution in [0.25, 0.3) is 0 Å². The van der Waals surface area contributed by atoms with Crippen LogP contribution in [0.1, 0.15) is 52.8 Å². The lowest BCUT2D eigenvalue weighted by molar-refractivity contribution is -0.115. The first-order valence-electron chi connectivity index (χ1n) is 11.0. The molecule has 0 spiro atoms. The van der Waals surface area contributed by atoms with Gasteiger partial charge in [0.05, 0.1) is 10.8 Å². The lowest BCUT2D eigenvalue weighted by Crippen LogP contribution is -2.23. The van der Waals surface area contributed by atoms with Crippen molar-refractivity contribution in [3.05, 3.63) is 88.1 Å². The van der Waals surface area contributed by atoms with Gasteiger partial charge in [0.15, 0.2) is 0 Å². The van der Waals surface area contributed by atoms with E-state index >= 15 is 0 Å². The van der Waals surface area contributed by atoms with E-state index in [2.05, 4.69) is 35.7 Å². The average Bonchev–Trinajstić information content (AvgIpc) is 2.81. The molecule has 4 rings (SSSR count). The van der Waals surface area contributed by atoms with E-state index in [1.165, 1.54) is 17.3 Å². The van der Waals surface area contributed by atoms with Crippen molar-refractivity contribution in [3.8, 4) is 6.07 Å². The van der Waals surface area contributed by atoms with Crippen LogP contribution < -0.4 is 5.32 Å². The van der Waals surface area contributed by atoms with Gasteiger partial charge in [-0.15, -0.1) is 0 Å². The molecule has 0 saturated heterocycles. The first-order valence-corrected chi connectivity index (χ1v) is 11.9. The molecule has 0 aliphatic heterocycles. The second-order valence-electron chi connectivity index (χ2n) is 8.41. The normalized spacial score (nSPS) is 16.0. The van der Waals surface area contributed by atoms with Gasteiger partial charge < -0.3 is 5.32 Å². The van der Waals surface area contributed by atoms with Crippen molar-refractivity contribution in [1.29, 1.82) is 5.26 Å². The standard InChI is InChI=1S/C27H27N3OS/c1-17-8-7-11-24(18(17)2)29-26(31)19(3)32-27-23(16-28)15-22-14-21(12-13-25(22)30-27)20-9-5-4-6-10-20/h4-11,15,19,21H,12-14H2,1-3H3,(H,29,31). The summed E-state index contributed by atoms with van der Waals surface area (Å²) in [5.41, 5.74) is 7.13. The Morgan fingerprint density at radius 1 is 1.19 bits per heavy atom. The topological polar surface area (TPSA) is 65.8 Å². The summed E-state index contributed by atoms with van der Waals surface area (Å²) in [5.74, 6) is 0.370. The molecule has 2 unspecified atom stereocenters. The van der Waals surface area contributed by atoms with Crippen LogP contribution in [-0.4, -0.2) is 16.1 Å². The fourth-order valence-electron chi connectivity index (χ4n) is 4.17. The number of thioether (sulfide) groups is 1. The Hall–Kier alpha value is -3.10. The van der Waals surface area contributed by atoms with Gasteiger partial charge in [0, 0.05) is 11.4 Å². The second kappa shape index (κ2) is 9.58. The number of nitrogens with one attached hydrogen (secondary N) is 1. The molecule has 0 fully saturated rings. The summed E-state index contributed by atoms with van der Waals surface area (Å²) >= 11 is 1.36. The number of carbonyl (C=O) groups excluding carboxylic acids is 1. The highest BCUT2D eigenvalue weighted by Gasteiger charge is 2.25. The summed E-state index contributed by atoms with van der Waals surface area (Å²) in [5, 5.41) is 13.1. The number of aryl methyl sites for hydroxylation is 2. The summed E-state index contributed by atoms with van der Waals surface area (Å²) in [6.07, 6.45) is 2.83. The smallest absolute Gasteiger partial charge is 0.237 e. The monoisotopic (exact) mass is 441 g/mol. The van der Waals surface area contributed by atoms with E-state index < -0.39 is 0 Å². The van der Waals surface area contributed by atoms with Crippen molar-refractivity contribution in [3.63, 3.8) is 0 Å². The van der Waals surface area contributed by atoms with Crippen LogP contribution in [0.5, 0.6) is 0 Å². The number of benzene rings is 2. The highest BCUT2D eigenvalue weighted by atomic mass is 32.2. The maximum atomic E-state index is 12.8. The molecule has 1 aliphatic carbocycles. The minimum Gasteiger partial charge on any atom is -0.325 e. The number of anilines is 1. The SMILES string of the molecule is Cc1cccc(NC(=O)C(C)Sc2nc3c(cc2C#N)CC(c2ccccc2)CC3)c1C. The van der Waals surface area contributed by atoms with E-state index in [4.69, 9.17) is 4.98 Å². The van der Waals surface area contributed by atoms with Crippen molar-refractivity contribution < 1.29 is 4.79 Å². The van der Waals surface area contributed by atoms with E-state index in [-0.39, 0.29) is 11.2 Å². The highest BCUT2D eigenvalue weighted by Crippen LogP contribution is 2.35. The third-order valence-corrected chi connectivity index (χ3v) is 7.37. The number of fused-ring (bicyclic) bond motifs is 1. The fourth-order valence-corrected chi connectivity index (χ4v) is 5.06. The van der Waals surface area contributed by atoms with Gasteiger partial charge in [-0.2, -0.15) is 5.26 Å². The van der Waals surface area contributed by atoms with Crippen molar-refractivity contribution >= 4 is 23.4 Å². The molecule has 162 valence electrons. The quantitative estimate of drug-likeness (QED) is 0.496. The number of carbonyl (C=O) groups is 1. The maximum Gasteiger partial charge on any atom is 0.237 e. The van der Waals surface area contributed by atoms with E-state index in [1.807, 2.05) is 51.1 Å². The van der Waals surface area contributed by atoms with Gasteiger partial charge in [-0.25, -0.2) is 4.98 Å². The van der Waals surface area contributed by atoms with Crippen molar-refractivity contribution in [2.75, 3.05) is 5.32 Å². The largest absolute Gasteiger partial charge is 0.325 e. The maximum absolute atomic E-state index is 12.8. The van der Waals surface area contributed by atoms with Crippen LogP contribution in [0.3, 0.4) is 0 Å². The number of nitriles is 1. The lowest BCUT2D eigenvalue weighted by atomic mass is 9.82. The minimum atomic E-state index is -0.367. The van der Waals surface area contributed by atoms with E-state index in [0.29, 0.717) is 16.5 Å². The number of hydrogen-bond acceptors (Lipinski definition) is 4. The Morgan fingerprint density at radius 3 is 2.72 bits per heavy atom. The number of hydrogen-bond donors (Lipinski definition) is 1. The Labute approximate surface area is 194 Å². The van der Waals surface area contributed by atoms with E-state index in [9.17, 15) is 10.1 Å². The summed E-state index contributed by atoms with van der Waals surface area (Å²) in [6.45, 7) is 5.89. The van der Waals surface area contributed by atoms with Gasteiger partial charge in [-0.3, -0.25) is 4.79 Å². The number of nitrogens with zero attached hydrogens (tertiary/aromatic N) is 2. The predicted molar refractivity (Wildman–Crippen MR) is 130 cm³/mol. The second-order valence-corrected chi connectivity index (χ2v) is 9.74. The fraction of sp³-hybridized carbons (Fsp3) is 0.296. The summed E-state index contributed by atoms with van der Waals surface area (Å²) in [4.78, 5) is 17.7. The molecule has 32 heavy (non-hydrogen) atoms. The molecule has 0 bridgehead atoms. The Balaban J connectivity index is 1.50. The van der Waals surface area contributed by atoms with Crippen LogP contribution in [-0.2, 0) is 17.6 Å². The Kier molecular flexibility index (Phi) is 6.62. The third kappa shape index (κ3) is 4.71. The van der Waals surface area contributed by atoms with E-state index in [1.54, 1.807) is 0 Å². The molecule has 2 aromatic carbocycles. The molecule has 1 aromatic heterocycles. The minimum absolute atomic E-state index is 0.0868. The van der Waals surface area contributed by atoms with Crippen LogP contribution in [0.15, 0.2) is 59.6 Å². The van der Waals surface area contributed by atoms with Crippen LogP contribution in [0, 0.1) is 25.2 Å². The molecule has 1 heterocycles. The van der Waals surface area contributed by atoms with Crippen molar-refractivity contribution in [2.24, 2.45) is 0 Å². The number of amides is 1.